The van der Waals surface area contributed by atoms with Gasteiger partial charge < -0.3 is 10.1 Å². The van der Waals surface area contributed by atoms with E-state index in [1.54, 1.807) is 0 Å². The number of hydrogen-bond donors (Lipinski definition) is 1. The highest BCUT2D eigenvalue weighted by atomic mass is 16.5. The van der Waals surface area contributed by atoms with Crippen LogP contribution < -0.4 is 10.1 Å². The lowest BCUT2D eigenvalue weighted by molar-refractivity contribution is -0.128. The Labute approximate surface area is 116 Å². The number of hydrogen-bond acceptors (Lipinski definition) is 2. The fourth-order valence-electron chi connectivity index (χ4n) is 1.79. The van der Waals surface area contributed by atoms with E-state index >= 15 is 0 Å². The standard InChI is InChI=1S/C16H25NO2/c1-4-7-12-17-16(18)15(6-3)19-14-10-8-13(5-2)9-11-14/h8-11,15H,4-7,12H2,1-3H3,(H,17,18). The van der Waals surface area contributed by atoms with Crippen LogP contribution in [0.3, 0.4) is 0 Å². The summed E-state index contributed by atoms with van der Waals surface area (Å²) in [5, 5.41) is 2.91. The number of ether oxygens (including phenoxy) is 1. The van der Waals surface area contributed by atoms with Gasteiger partial charge in [-0.2, -0.15) is 0 Å². The molecule has 0 bridgehead atoms. The van der Waals surface area contributed by atoms with Crippen molar-refractivity contribution in [3.05, 3.63) is 29.8 Å². The Morgan fingerprint density at radius 3 is 2.42 bits per heavy atom. The first-order valence-corrected chi connectivity index (χ1v) is 7.24. The van der Waals surface area contributed by atoms with E-state index in [-0.39, 0.29) is 5.91 Å². The van der Waals surface area contributed by atoms with Crippen molar-refractivity contribution < 1.29 is 9.53 Å². The zero-order valence-electron chi connectivity index (χ0n) is 12.2. The Morgan fingerprint density at radius 1 is 1.21 bits per heavy atom. The van der Waals surface area contributed by atoms with E-state index in [0.29, 0.717) is 6.42 Å². The van der Waals surface area contributed by atoms with E-state index in [1.165, 1.54) is 5.56 Å². The second-order valence-electron chi connectivity index (χ2n) is 4.66. The van der Waals surface area contributed by atoms with Gasteiger partial charge in [-0.05, 0) is 37.0 Å². The van der Waals surface area contributed by atoms with Crippen LogP contribution in [-0.4, -0.2) is 18.6 Å². The third-order valence-corrected chi connectivity index (χ3v) is 3.10. The molecule has 0 radical (unpaired) electrons. The summed E-state index contributed by atoms with van der Waals surface area (Å²) in [7, 11) is 0. The van der Waals surface area contributed by atoms with Gasteiger partial charge in [0.2, 0.25) is 0 Å². The fraction of sp³-hybridized carbons (Fsp3) is 0.562. The third-order valence-electron chi connectivity index (χ3n) is 3.10. The molecule has 1 N–H and O–H groups in total. The Hall–Kier alpha value is -1.51. The van der Waals surface area contributed by atoms with Crippen molar-refractivity contribution in [2.45, 2.75) is 52.6 Å². The van der Waals surface area contributed by atoms with Gasteiger partial charge in [0.25, 0.3) is 5.91 Å². The highest BCUT2D eigenvalue weighted by Gasteiger charge is 2.17. The second-order valence-corrected chi connectivity index (χ2v) is 4.66. The van der Waals surface area contributed by atoms with Gasteiger partial charge in [0.1, 0.15) is 5.75 Å². The minimum atomic E-state index is -0.399. The molecular weight excluding hydrogens is 238 g/mol. The molecule has 0 aliphatic rings. The lowest BCUT2D eigenvalue weighted by Gasteiger charge is -2.17. The molecule has 1 aromatic carbocycles. The van der Waals surface area contributed by atoms with Crippen LogP contribution in [0, 0.1) is 0 Å². The summed E-state index contributed by atoms with van der Waals surface area (Å²) >= 11 is 0. The minimum absolute atomic E-state index is 0.0180. The average molecular weight is 263 g/mol. The average Bonchev–Trinajstić information content (AvgIpc) is 2.45. The number of carbonyl (C=O) groups is 1. The van der Waals surface area contributed by atoms with Crippen molar-refractivity contribution in [2.75, 3.05) is 6.54 Å². The van der Waals surface area contributed by atoms with Crippen molar-refractivity contribution in [3.8, 4) is 5.75 Å². The van der Waals surface area contributed by atoms with E-state index in [0.717, 1.165) is 31.6 Å². The maximum Gasteiger partial charge on any atom is 0.261 e. The largest absolute Gasteiger partial charge is 0.481 e. The van der Waals surface area contributed by atoms with Crippen LogP contribution in [-0.2, 0) is 11.2 Å². The van der Waals surface area contributed by atoms with Crippen LogP contribution in [0.2, 0.25) is 0 Å². The van der Waals surface area contributed by atoms with Gasteiger partial charge in [0, 0.05) is 6.54 Å². The Morgan fingerprint density at radius 2 is 1.89 bits per heavy atom. The van der Waals surface area contributed by atoms with Crippen molar-refractivity contribution in [1.29, 1.82) is 0 Å². The van der Waals surface area contributed by atoms with Gasteiger partial charge in [-0.1, -0.05) is 39.3 Å². The molecule has 19 heavy (non-hydrogen) atoms. The van der Waals surface area contributed by atoms with Crippen LogP contribution in [0.15, 0.2) is 24.3 Å². The van der Waals surface area contributed by atoms with Crippen molar-refractivity contribution in [3.63, 3.8) is 0 Å². The van der Waals surface area contributed by atoms with Crippen LogP contribution in [0.25, 0.3) is 0 Å². The first-order valence-electron chi connectivity index (χ1n) is 7.24. The summed E-state index contributed by atoms with van der Waals surface area (Å²) in [6, 6.07) is 7.94. The van der Waals surface area contributed by atoms with Gasteiger partial charge in [-0.25, -0.2) is 0 Å². The summed E-state index contributed by atoms with van der Waals surface area (Å²) in [5.41, 5.74) is 1.27. The van der Waals surface area contributed by atoms with Crippen molar-refractivity contribution in [1.82, 2.24) is 5.32 Å². The first-order chi connectivity index (χ1) is 9.21. The number of unbranched alkanes of at least 4 members (excludes halogenated alkanes) is 1. The number of rotatable bonds is 8. The molecule has 0 fully saturated rings. The van der Waals surface area contributed by atoms with Crippen LogP contribution in [0.5, 0.6) is 5.75 Å². The lowest BCUT2D eigenvalue weighted by Crippen LogP contribution is -2.38. The van der Waals surface area contributed by atoms with Gasteiger partial charge in [0.05, 0.1) is 0 Å². The predicted molar refractivity (Wildman–Crippen MR) is 78.4 cm³/mol. The molecule has 106 valence electrons. The van der Waals surface area contributed by atoms with E-state index in [2.05, 4.69) is 19.2 Å². The Bertz CT molecular complexity index is 373. The third kappa shape index (κ3) is 5.33. The zero-order chi connectivity index (χ0) is 14.1. The molecule has 0 aliphatic carbocycles. The molecule has 1 amide bonds. The molecule has 1 rings (SSSR count). The Kier molecular flexibility index (Phi) is 7.01. The minimum Gasteiger partial charge on any atom is -0.481 e. The maximum absolute atomic E-state index is 11.9. The molecular formula is C16H25NO2. The van der Waals surface area contributed by atoms with Crippen LogP contribution in [0.4, 0.5) is 0 Å². The smallest absolute Gasteiger partial charge is 0.261 e. The van der Waals surface area contributed by atoms with E-state index in [4.69, 9.17) is 4.74 Å². The lowest BCUT2D eigenvalue weighted by atomic mass is 10.1. The van der Waals surface area contributed by atoms with Gasteiger partial charge >= 0.3 is 0 Å². The normalized spacial score (nSPS) is 11.9. The number of carbonyl (C=O) groups excluding carboxylic acids is 1. The highest BCUT2D eigenvalue weighted by Crippen LogP contribution is 2.15. The van der Waals surface area contributed by atoms with Gasteiger partial charge in [0.15, 0.2) is 6.10 Å². The topological polar surface area (TPSA) is 38.3 Å². The summed E-state index contributed by atoms with van der Waals surface area (Å²) in [5.74, 6) is 0.741. The zero-order valence-corrected chi connectivity index (χ0v) is 12.2. The van der Waals surface area contributed by atoms with E-state index < -0.39 is 6.10 Å². The number of benzene rings is 1. The summed E-state index contributed by atoms with van der Waals surface area (Å²) in [6.07, 6.45) is 3.37. The molecule has 3 heteroatoms. The van der Waals surface area contributed by atoms with Crippen LogP contribution >= 0.6 is 0 Å². The van der Waals surface area contributed by atoms with E-state index in [1.807, 2.05) is 31.2 Å². The quantitative estimate of drug-likeness (QED) is 0.731. The summed E-state index contributed by atoms with van der Waals surface area (Å²) < 4.78 is 5.74. The molecule has 0 heterocycles. The summed E-state index contributed by atoms with van der Waals surface area (Å²) in [6.45, 7) is 6.91. The number of amides is 1. The second kappa shape index (κ2) is 8.57. The van der Waals surface area contributed by atoms with Gasteiger partial charge in [-0.15, -0.1) is 0 Å². The monoisotopic (exact) mass is 263 g/mol. The van der Waals surface area contributed by atoms with Gasteiger partial charge in [-0.3, -0.25) is 4.79 Å². The molecule has 0 saturated carbocycles. The number of nitrogens with one attached hydrogen (secondary N) is 1. The van der Waals surface area contributed by atoms with E-state index in [9.17, 15) is 4.79 Å². The predicted octanol–water partition coefficient (Wildman–Crippen LogP) is 3.32. The fourth-order valence-corrected chi connectivity index (χ4v) is 1.79. The molecule has 1 atom stereocenters. The SMILES string of the molecule is CCCCNC(=O)C(CC)Oc1ccc(CC)cc1. The molecule has 3 nitrogen and oxygen atoms in total. The molecule has 0 aliphatic heterocycles. The summed E-state index contributed by atoms with van der Waals surface area (Å²) in [4.78, 5) is 11.9. The Balaban J connectivity index is 2.52. The molecule has 0 aromatic heterocycles. The highest BCUT2D eigenvalue weighted by molar-refractivity contribution is 5.81. The molecule has 1 unspecified atom stereocenters. The molecule has 0 saturated heterocycles. The molecule has 0 spiro atoms. The maximum atomic E-state index is 11.9. The van der Waals surface area contributed by atoms with Crippen molar-refractivity contribution in [2.24, 2.45) is 0 Å². The van der Waals surface area contributed by atoms with Crippen LogP contribution in [0.1, 0.15) is 45.6 Å². The molecule has 1 aromatic rings. The number of aryl methyl sites for hydroxylation is 1. The van der Waals surface area contributed by atoms with Crippen molar-refractivity contribution >= 4 is 5.91 Å². The first kappa shape index (κ1) is 15.5.